The van der Waals surface area contributed by atoms with Crippen LogP contribution >= 0.6 is 0 Å². The molecular weight excluding hydrogens is 264 g/mol. The average Bonchev–Trinajstić information content (AvgIpc) is 2.83. The Morgan fingerprint density at radius 2 is 2.24 bits per heavy atom. The number of hydrogen-bond acceptors (Lipinski definition) is 4. The Labute approximate surface area is 127 Å². The lowest BCUT2D eigenvalue weighted by atomic mass is 9.98. The van der Waals surface area contributed by atoms with Crippen LogP contribution in [0.2, 0.25) is 0 Å². The number of aliphatic hydroxyl groups excluding tert-OH is 1. The van der Waals surface area contributed by atoms with Gasteiger partial charge in [-0.15, -0.1) is 0 Å². The van der Waals surface area contributed by atoms with Gasteiger partial charge in [-0.2, -0.15) is 0 Å². The minimum absolute atomic E-state index is 0.417. The normalized spacial score (nSPS) is 18.8. The highest BCUT2D eigenvalue weighted by Gasteiger charge is 2.28. The third-order valence-corrected chi connectivity index (χ3v) is 4.06. The monoisotopic (exact) mass is 292 g/mol. The van der Waals surface area contributed by atoms with E-state index in [0.29, 0.717) is 25.6 Å². The van der Waals surface area contributed by atoms with Crippen molar-refractivity contribution < 1.29 is 9.84 Å². The molecule has 0 fully saturated rings. The first kappa shape index (κ1) is 16.3. The van der Waals surface area contributed by atoms with Crippen LogP contribution in [-0.2, 0) is 4.74 Å². The van der Waals surface area contributed by atoms with E-state index in [9.17, 15) is 5.11 Å². The standard InChI is InChI=1S/C17H28N2O2/c1-2-3-10-21-13-15(20)12-19-11-14(8-9-18)16-6-4-5-7-17(16)19/h4-7,14-15,20H,2-3,8-13,18H2,1H3. The molecule has 4 nitrogen and oxygen atoms in total. The zero-order chi connectivity index (χ0) is 15.1. The lowest BCUT2D eigenvalue weighted by Crippen LogP contribution is -2.34. The summed E-state index contributed by atoms with van der Waals surface area (Å²) in [5.74, 6) is 0.486. The fourth-order valence-corrected chi connectivity index (χ4v) is 2.98. The molecule has 1 aliphatic rings. The fourth-order valence-electron chi connectivity index (χ4n) is 2.98. The number of anilines is 1. The van der Waals surface area contributed by atoms with Crippen molar-refractivity contribution in [1.29, 1.82) is 0 Å². The number of hydrogen-bond donors (Lipinski definition) is 2. The van der Waals surface area contributed by atoms with Crippen molar-refractivity contribution in [3.05, 3.63) is 29.8 Å². The number of aliphatic hydroxyl groups is 1. The topological polar surface area (TPSA) is 58.7 Å². The van der Waals surface area contributed by atoms with Gasteiger partial charge in [-0.05, 0) is 31.0 Å². The van der Waals surface area contributed by atoms with Gasteiger partial charge in [0.05, 0.1) is 12.7 Å². The summed E-state index contributed by atoms with van der Waals surface area (Å²) in [5, 5.41) is 10.2. The maximum Gasteiger partial charge on any atom is 0.0947 e. The summed E-state index contributed by atoms with van der Waals surface area (Å²) in [6.45, 7) is 5.57. The van der Waals surface area contributed by atoms with Gasteiger partial charge in [-0.1, -0.05) is 31.5 Å². The second-order valence-electron chi connectivity index (χ2n) is 5.82. The van der Waals surface area contributed by atoms with Crippen molar-refractivity contribution in [2.24, 2.45) is 5.73 Å². The maximum absolute atomic E-state index is 10.2. The Bertz CT molecular complexity index is 425. The number of fused-ring (bicyclic) bond motifs is 1. The zero-order valence-electron chi connectivity index (χ0n) is 13.0. The molecule has 2 unspecified atom stereocenters. The first-order valence-corrected chi connectivity index (χ1v) is 8.06. The summed E-state index contributed by atoms with van der Waals surface area (Å²) in [6.07, 6.45) is 2.73. The number of unbranched alkanes of at least 4 members (excludes halogenated alkanes) is 1. The Balaban J connectivity index is 1.89. The van der Waals surface area contributed by atoms with Crippen LogP contribution in [0, 0.1) is 0 Å². The molecule has 0 aromatic heterocycles. The van der Waals surface area contributed by atoms with Crippen LogP contribution in [0.25, 0.3) is 0 Å². The third-order valence-electron chi connectivity index (χ3n) is 4.06. The van der Waals surface area contributed by atoms with Gasteiger partial charge in [0, 0.05) is 31.3 Å². The van der Waals surface area contributed by atoms with E-state index in [2.05, 4.69) is 36.1 Å². The molecule has 0 aliphatic carbocycles. The van der Waals surface area contributed by atoms with E-state index in [0.717, 1.165) is 32.4 Å². The van der Waals surface area contributed by atoms with Crippen LogP contribution in [0.15, 0.2) is 24.3 Å². The summed E-state index contributed by atoms with van der Waals surface area (Å²) in [4.78, 5) is 2.27. The van der Waals surface area contributed by atoms with Crippen LogP contribution in [0.1, 0.15) is 37.7 Å². The zero-order valence-corrected chi connectivity index (χ0v) is 13.0. The van der Waals surface area contributed by atoms with E-state index in [-0.39, 0.29) is 0 Å². The van der Waals surface area contributed by atoms with Crippen LogP contribution < -0.4 is 10.6 Å². The predicted octanol–water partition coefficient (Wildman–Crippen LogP) is 2.12. The van der Waals surface area contributed by atoms with Crippen molar-refractivity contribution >= 4 is 5.69 Å². The molecule has 0 saturated heterocycles. The second kappa shape index (κ2) is 8.37. The van der Waals surface area contributed by atoms with Gasteiger partial charge >= 0.3 is 0 Å². The highest BCUT2D eigenvalue weighted by Crippen LogP contribution is 2.37. The Morgan fingerprint density at radius 1 is 1.43 bits per heavy atom. The molecule has 4 heteroatoms. The molecule has 2 rings (SSSR count). The van der Waals surface area contributed by atoms with Crippen molar-refractivity contribution in [2.45, 2.75) is 38.2 Å². The first-order chi connectivity index (χ1) is 10.3. The second-order valence-corrected chi connectivity index (χ2v) is 5.82. The highest BCUT2D eigenvalue weighted by molar-refractivity contribution is 5.60. The number of benzene rings is 1. The van der Waals surface area contributed by atoms with Gasteiger partial charge < -0.3 is 20.5 Å². The summed E-state index contributed by atoms with van der Waals surface area (Å²) in [7, 11) is 0. The quantitative estimate of drug-likeness (QED) is 0.685. The van der Waals surface area contributed by atoms with Crippen LogP contribution in [0.3, 0.4) is 0 Å². The first-order valence-electron chi connectivity index (χ1n) is 8.06. The molecule has 1 heterocycles. The molecule has 0 bridgehead atoms. The molecule has 118 valence electrons. The number of para-hydroxylation sites is 1. The summed E-state index contributed by atoms with van der Waals surface area (Å²) in [6, 6.07) is 8.45. The number of β-amino-alcohol motifs (C(OH)–C–C–N with tert-alkyl or cyclic N) is 1. The molecule has 0 saturated carbocycles. The van der Waals surface area contributed by atoms with E-state index in [4.69, 9.17) is 10.5 Å². The van der Waals surface area contributed by atoms with Gasteiger partial charge in [-0.25, -0.2) is 0 Å². The number of nitrogens with two attached hydrogens (primary N) is 1. The van der Waals surface area contributed by atoms with Gasteiger partial charge in [0.25, 0.3) is 0 Å². The molecular formula is C17H28N2O2. The third kappa shape index (κ3) is 4.43. The molecule has 1 aliphatic heterocycles. The minimum Gasteiger partial charge on any atom is -0.389 e. The van der Waals surface area contributed by atoms with Crippen molar-refractivity contribution in [3.8, 4) is 0 Å². The van der Waals surface area contributed by atoms with Crippen LogP contribution in [-0.4, -0.2) is 44.1 Å². The molecule has 0 amide bonds. The van der Waals surface area contributed by atoms with Gasteiger partial charge in [0.2, 0.25) is 0 Å². The molecule has 21 heavy (non-hydrogen) atoms. The average molecular weight is 292 g/mol. The number of ether oxygens (including phenoxy) is 1. The van der Waals surface area contributed by atoms with E-state index >= 15 is 0 Å². The van der Waals surface area contributed by atoms with Crippen LogP contribution in [0.4, 0.5) is 5.69 Å². The molecule has 0 spiro atoms. The van der Waals surface area contributed by atoms with E-state index in [1.807, 2.05) is 0 Å². The SMILES string of the molecule is CCCCOCC(O)CN1CC(CCN)c2ccccc21. The van der Waals surface area contributed by atoms with Crippen LogP contribution in [0.5, 0.6) is 0 Å². The minimum atomic E-state index is -0.438. The van der Waals surface area contributed by atoms with Gasteiger partial charge in [0.1, 0.15) is 0 Å². The highest BCUT2D eigenvalue weighted by atomic mass is 16.5. The number of nitrogens with zero attached hydrogens (tertiary/aromatic N) is 1. The Kier molecular flexibility index (Phi) is 6.49. The molecule has 3 N–H and O–H groups in total. The largest absolute Gasteiger partial charge is 0.389 e. The summed E-state index contributed by atoms with van der Waals surface area (Å²) in [5.41, 5.74) is 8.32. The van der Waals surface area contributed by atoms with Crippen molar-refractivity contribution in [2.75, 3.05) is 37.7 Å². The lowest BCUT2D eigenvalue weighted by molar-refractivity contribution is 0.0393. The predicted molar refractivity (Wildman–Crippen MR) is 86.8 cm³/mol. The van der Waals surface area contributed by atoms with Gasteiger partial charge in [0.15, 0.2) is 0 Å². The summed E-state index contributed by atoms with van der Waals surface area (Å²) < 4.78 is 5.51. The molecule has 0 radical (unpaired) electrons. The van der Waals surface area contributed by atoms with E-state index in [1.54, 1.807) is 0 Å². The molecule has 1 aromatic carbocycles. The molecule has 2 atom stereocenters. The van der Waals surface area contributed by atoms with Crippen molar-refractivity contribution in [1.82, 2.24) is 0 Å². The van der Waals surface area contributed by atoms with Gasteiger partial charge in [-0.3, -0.25) is 0 Å². The van der Waals surface area contributed by atoms with E-state index in [1.165, 1.54) is 11.3 Å². The maximum atomic E-state index is 10.2. The summed E-state index contributed by atoms with van der Waals surface area (Å²) >= 11 is 0. The Morgan fingerprint density at radius 3 is 3.00 bits per heavy atom. The lowest BCUT2D eigenvalue weighted by Gasteiger charge is -2.23. The van der Waals surface area contributed by atoms with Crippen molar-refractivity contribution in [3.63, 3.8) is 0 Å². The molecule has 1 aromatic rings. The fraction of sp³-hybridized carbons (Fsp3) is 0.647. The number of rotatable bonds is 9. The Hall–Kier alpha value is -1.10. The van der Waals surface area contributed by atoms with E-state index < -0.39 is 6.10 Å². The smallest absolute Gasteiger partial charge is 0.0947 e.